The van der Waals surface area contributed by atoms with Crippen LogP contribution in [-0.2, 0) is 20.5 Å². The van der Waals surface area contributed by atoms with Crippen molar-refractivity contribution in [2.24, 2.45) is 0 Å². The lowest BCUT2D eigenvalue weighted by Crippen LogP contribution is -2.34. The number of unbranched alkanes of at least 4 members (excludes halogenated alkanes) is 5. The molecule has 1 aromatic carbocycles. The molecule has 1 amide bonds. The van der Waals surface area contributed by atoms with Gasteiger partial charge in [0.05, 0.1) is 21.0 Å². The second-order valence-corrected chi connectivity index (χ2v) is 9.75. The van der Waals surface area contributed by atoms with Crippen LogP contribution in [0.1, 0.15) is 64.4 Å². The van der Waals surface area contributed by atoms with E-state index in [0.29, 0.717) is 5.76 Å². The van der Waals surface area contributed by atoms with Gasteiger partial charge >= 0.3 is 6.18 Å². The second kappa shape index (κ2) is 11.8. The van der Waals surface area contributed by atoms with Crippen LogP contribution in [0.4, 0.5) is 18.9 Å². The summed E-state index contributed by atoms with van der Waals surface area (Å²) in [5, 5.41) is -0.103. The number of benzene rings is 1. The van der Waals surface area contributed by atoms with Crippen molar-refractivity contribution in [3.63, 3.8) is 0 Å². The first-order valence-electron chi connectivity index (χ1n) is 10.5. The minimum atomic E-state index is -4.53. The van der Waals surface area contributed by atoms with Gasteiger partial charge in [0.2, 0.25) is 5.12 Å². The summed E-state index contributed by atoms with van der Waals surface area (Å²) in [6.45, 7) is 3.68. The molecule has 1 unspecified atom stereocenters. The average Bonchev–Trinajstić information content (AvgIpc) is 3.00. The summed E-state index contributed by atoms with van der Waals surface area (Å²) < 4.78 is 43.6. The molecule has 0 radical (unpaired) electrons. The Labute approximate surface area is 195 Å². The molecule has 0 saturated heterocycles. The van der Waals surface area contributed by atoms with Gasteiger partial charge in [-0.3, -0.25) is 20.4 Å². The molecule has 32 heavy (non-hydrogen) atoms. The van der Waals surface area contributed by atoms with Gasteiger partial charge in [0.15, 0.2) is 6.61 Å². The summed E-state index contributed by atoms with van der Waals surface area (Å²) >= 11 is 7.07. The maximum Gasteiger partial charge on any atom is 0.416 e. The van der Waals surface area contributed by atoms with E-state index in [1.807, 2.05) is 6.92 Å². The smallest absolute Gasteiger partial charge is 0.416 e. The summed E-state index contributed by atoms with van der Waals surface area (Å²) in [6, 6.07) is 2.75. The predicted molar refractivity (Wildman–Crippen MR) is 121 cm³/mol. The number of nitrogens with one attached hydrogen (secondary N) is 2. The molecule has 1 aromatic rings. The van der Waals surface area contributed by atoms with Crippen LogP contribution >= 0.6 is 23.4 Å². The zero-order valence-corrected chi connectivity index (χ0v) is 19.7. The maximum absolute atomic E-state index is 12.8. The van der Waals surface area contributed by atoms with Crippen LogP contribution in [0.25, 0.3) is 0 Å². The lowest BCUT2D eigenvalue weighted by Gasteiger charge is -2.26. The lowest BCUT2D eigenvalue weighted by molar-refractivity contribution is -0.137. The maximum atomic E-state index is 12.8. The highest BCUT2D eigenvalue weighted by molar-refractivity contribution is 8.15. The Morgan fingerprint density at radius 1 is 1.19 bits per heavy atom. The number of thioether (sulfide) groups is 1. The number of hydrogen-bond acceptors (Lipinski definition) is 5. The lowest BCUT2D eigenvalue weighted by atomic mass is 9.99. The van der Waals surface area contributed by atoms with E-state index in [0.717, 1.165) is 43.9 Å². The fourth-order valence-electron chi connectivity index (χ4n) is 3.29. The van der Waals surface area contributed by atoms with Gasteiger partial charge in [-0.2, -0.15) is 13.2 Å². The first-order valence-corrected chi connectivity index (χ1v) is 11.7. The van der Waals surface area contributed by atoms with E-state index in [2.05, 4.69) is 17.8 Å². The number of carbonyl (C=O) groups is 2. The van der Waals surface area contributed by atoms with Gasteiger partial charge in [-0.1, -0.05) is 68.8 Å². The average molecular weight is 493 g/mol. The molecular formula is C22H28ClF3N2O3S. The monoisotopic (exact) mass is 492 g/mol. The number of alkyl halides is 3. The minimum absolute atomic E-state index is 0.0197. The molecule has 2 rings (SSSR count). The van der Waals surface area contributed by atoms with Crippen molar-refractivity contribution >= 4 is 40.1 Å². The SMILES string of the molecule is CCCCCCCCC1(C)SC(=O)C=C1OCC(=O)NNc1cc(C(F)(F)F)ccc1Cl. The minimum Gasteiger partial charge on any atom is -0.486 e. The van der Waals surface area contributed by atoms with Crippen molar-refractivity contribution in [3.05, 3.63) is 40.6 Å². The summed E-state index contributed by atoms with van der Waals surface area (Å²) in [4.78, 5) is 24.1. The van der Waals surface area contributed by atoms with Gasteiger partial charge in [-0.15, -0.1) is 0 Å². The van der Waals surface area contributed by atoms with Crippen molar-refractivity contribution in [1.82, 2.24) is 5.43 Å². The van der Waals surface area contributed by atoms with Crippen LogP contribution < -0.4 is 10.9 Å². The molecule has 0 aromatic heterocycles. The highest BCUT2D eigenvalue weighted by Crippen LogP contribution is 2.44. The van der Waals surface area contributed by atoms with E-state index >= 15 is 0 Å². The molecule has 5 nitrogen and oxygen atoms in total. The molecular weight excluding hydrogens is 465 g/mol. The quantitative estimate of drug-likeness (QED) is 0.258. The molecule has 178 valence electrons. The fraction of sp³-hybridized carbons (Fsp3) is 0.545. The molecule has 0 aliphatic carbocycles. The van der Waals surface area contributed by atoms with E-state index in [1.54, 1.807) is 0 Å². The first kappa shape index (κ1) is 26.4. The molecule has 1 aliphatic heterocycles. The molecule has 2 N–H and O–H groups in total. The summed E-state index contributed by atoms with van der Waals surface area (Å²) in [6.07, 6.45) is 4.37. The number of carbonyl (C=O) groups excluding carboxylic acids is 2. The molecule has 0 spiro atoms. The van der Waals surface area contributed by atoms with Gasteiger partial charge in [0, 0.05) is 6.08 Å². The van der Waals surface area contributed by atoms with Crippen molar-refractivity contribution in [2.45, 2.75) is 69.7 Å². The fourth-order valence-corrected chi connectivity index (χ4v) is 4.53. The molecule has 1 aliphatic rings. The van der Waals surface area contributed by atoms with E-state index in [9.17, 15) is 22.8 Å². The summed E-state index contributed by atoms with van der Waals surface area (Å²) in [5.41, 5.74) is 3.67. The summed E-state index contributed by atoms with van der Waals surface area (Å²) in [5.74, 6) is -0.182. The number of rotatable bonds is 12. The van der Waals surface area contributed by atoms with Gasteiger partial charge in [0.25, 0.3) is 5.91 Å². The number of ether oxygens (including phenoxy) is 1. The first-order chi connectivity index (χ1) is 15.0. The third-order valence-electron chi connectivity index (χ3n) is 5.09. The van der Waals surface area contributed by atoms with E-state index in [1.165, 1.54) is 37.1 Å². The van der Waals surface area contributed by atoms with Crippen molar-refractivity contribution in [3.8, 4) is 0 Å². The van der Waals surface area contributed by atoms with Crippen LogP contribution in [0, 0.1) is 0 Å². The zero-order valence-electron chi connectivity index (χ0n) is 18.1. The third-order valence-corrected chi connectivity index (χ3v) is 6.60. The zero-order chi connectivity index (χ0) is 23.8. The highest BCUT2D eigenvalue weighted by Gasteiger charge is 2.39. The standard InChI is InChI=1S/C22H28ClF3N2O3S/c1-3-4-5-6-7-8-11-21(2)18(13-20(30)32-21)31-14-19(29)28-27-17-12-15(22(24,25)26)9-10-16(17)23/h9-10,12-13,27H,3-8,11,14H2,1-2H3,(H,28,29). The van der Waals surface area contributed by atoms with Crippen molar-refractivity contribution in [2.75, 3.05) is 12.0 Å². The molecule has 1 heterocycles. The molecule has 10 heteroatoms. The second-order valence-electron chi connectivity index (χ2n) is 7.83. The number of amides is 1. The number of anilines is 1. The number of hydrazine groups is 1. The third kappa shape index (κ3) is 7.92. The predicted octanol–water partition coefficient (Wildman–Crippen LogP) is 6.49. The van der Waals surface area contributed by atoms with Gasteiger partial charge in [0.1, 0.15) is 5.76 Å². The summed E-state index contributed by atoms with van der Waals surface area (Å²) in [7, 11) is 0. The normalized spacial score (nSPS) is 18.4. The highest BCUT2D eigenvalue weighted by atomic mass is 35.5. The molecule has 0 fully saturated rings. The van der Waals surface area contributed by atoms with Crippen LogP contribution in [0.5, 0.6) is 0 Å². The Bertz CT molecular complexity index is 848. The van der Waals surface area contributed by atoms with Crippen LogP contribution in [0.15, 0.2) is 30.0 Å². The van der Waals surface area contributed by atoms with Crippen LogP contribution in [0.2, 0.25) is 5.02 Å². The Hall–Kier alpha value is -1.87. The topological polar surface area (TPSA) is 67.4 Å². The largest absolute Gasteiger partial charge is 0.486 e. The number of halogens is 4. The van der Waals surface area contributed by atoms with E-state index < -0.39 is 29.0 Å². The van der Waals surface area contributed by atoms with E-state index in [-0.39, 0.29) is 15.8 Å². The van der Waals surface area contributed by atoms with Gasteiger partial charge in [-0.05, 0) is 31.5 Å². The Morgan fingerprint density at radius 2 is 1.88 bits per heavy atom. The Balaban J connectivity index is 1.84. The van der Waals surface area contributed by atoms with Crippen molar-refractivity contribution < 1.29 is 27.5 Å². The van der Waals surface area contributed by atoms with Crippen LogP contribution in [0.3, 0.4) is 0 Å². The molecule has 0 bridgehead atoms. The van der Waals surface area contributed by atoms with Crippen LogP contribution in [-0.4, -0.2) is 22.4 Å². The van der Waals surface area contributed by atoms with E-state index in [4.69, 9.17) is 16.3 Å². The van der Waals surface area contributed by atoms with Crippen molar-refractivity contribution in [1.29, 1.82) is 0 Å². The Morgan fingerprint density at radius 3 is 2.56 bits per heavy atom. The Kier molecular flexibility index (Phi) is 9.76. The van der Waals surface area contributed by atoms with Gasteiger partial charge < -0.3 is 4.74 Å². The van der Waals surface area contributed by atoms with Gasteiger partial charge in [-0.25, -0.2) is 0 Å². The number of hydrogen-bond donors (Lipinski definition) is 2. The molecule has 1 atom stereocenters. The molecule has 0 saturated carbocycles.